The molecule has 0 saturated heterocycles. The molecule has 0 bridgehead atoms. The summed E-state index contributed by atoms with van der Waals surface area (Å²) in [5.41, 5.74) is 3.66. The van der Waals surface area contributed by atoms with Gasteiger partial charge in [0.05, 0.1) is 16.8 Å². The zero-order valence-electron chi connectivity index (χ0n) is 11.9. The Morgan fingerprint density at radius 1 is 1.20 bits per heavy atom. The lowest BCUT2D eigenvalue weighted by molar-refractivity contribution is 0.283. The second-order valence-electron chi connectivity index (χ2n) is 6.07. The minimum Gasteiger partial charge on any atom is -0.370 e. The van der Waals surface area contributed by atoms with E-state index in [-0.39, 0.29) is 5.41 Å². The molecule has 3 heterocycles. The second kappa shape index (κ2) is 4.33. The van der Waals surface area contributed by atoms with Gasteiger partial charge in [0.1, 0.15) is 5.82 Å². The zero-order valence-corrected chi connectivity index (χ0v) is 11.9. The third kappa shape index (κ3) is 1.67. The minimum atomic E-state index is 0.0553. The average molecular weight is 268 g/mol. The Labute approximate surface area is 119 Å². The van der Waals surface area contributed by atoms with Crippen LogP contribution in [0.25, 0.3) is 0 Å². The van der Waals surface area contributed by atoms with Crippen molar-refractivity contribution in [1.29, 1.82) is 0 Å². The number of rotatable bonds is 2. The zero-order chi connectivity index (χ0) is 13.6. The van der Waals surface area contributed by atoms with Crippen molar-refractivity contribution in [1.82, 2.24) is 14.8 Å². The number of nitrogens with zero attached hydrogens (tertiary/aromatic N) is 3. The molecule has 2 aromatic heterocycles. The molecule has 1 aliphatic carbocycles. The molecule has 4 heteroatoms. The first-order valence-corrected chi connectivity index (χ1v) is 7.53. The van der Waals surface area contributed by atoms with Gasteiger partial charge in [-0.05, 0) is 37.8 Å². The van der Waals surface area contributed by atoms with Gasteiger partial charge < -0.3 is 5.32 Å². The quantitative estimate of drug-likeness (QED) is 0.910. The molecule has 0 atom stereocenters. The van der Waals surface area contributed by atoms with Gasteiger partial charge in [0, 0.05) is 25.4 Å². The molecule has 0 spiro atoms. The van der Waals surface area contributed by atoms with E-state index in [1.807, 2.05) is 6.20 Å². The summed E-state index contributed by atoms with van der Waals surface area (Å²) in [7, 11) is 0. The van der Waals surface area contributed by atoms with Crippen LogP contribution in [-0.4, -0.2) is 21.3 Å². The fraction of sp³-hybridized carbons (Fsp3) is 0.500. The number of anilines is 1. The predicted octanol–water partition coefficient (Wildman–Crippen LogP) is 2.87. The summed E-state index contributed by atoms with van der Waals surface area (Å²) in [4.78, 5) is 4.69. The Kier molecular flexibility index (Phi) is 2.59. The summed E-state index contributed by atoms with van der Waals surface area (Å²) in [6.45, 7) is 4.17. The minimum absolute atomic E-state index is 0.0553. The van der Waals surface area contributed by atoms with Gasteiger partial charge in [-0.15, -0.1) is 0 Å². The fourth-order valence-corrected chi connectivity index (χ4v) is 3.33. The Morgan fingerprint density at radius 3 is 2.75 bits per heavy atom. The number of nitrogens with one attached hydrogen (secondary N) is 1. The van der Waals surface area contributed by atoms with E-state index < -0.39 is 0 Å². The lowest BCUT2D eigenvalue weighted by Gasteiger charge is -2.40. The highest BCUT2D eigenvalue weighted by atomic mass is 15.3. The highest BCUT2D eigenvalue weighted by molar-refractivity contribution is 5.45. The van der Waals surface area contributed by atoms with E-state index in [2.05, 4.69) is 40.1 Å². The summed E-state index contributed by atoms with van der Waals surface area (Å²) < 4.78 is 2.12. The second-order valence-corrected chi connectivity index (χ2v) is 6.07. The van der Waals surface area contributed by atoms with Crippen LogP contribution in [-0.2, 0) is 12.0 Å². The standard InChI is InChI=1S/C16H20N4/c1-12-4-5-13(18-11-12)16(6-2-7-16)14-10-15-17-8-3-9-20(15)19-14/h4-5,10-11,17H,2-3,6-9H2,1H3. The first-order chi connectivity index (χ1) is 9.78. The van der Waals surface area contributed by atoms with E-state index in [9.17, 15) is 0 Å². The third-order valence-electron chi connectivity index (χ3n) is 4.73. The molecular formula is C16H20N4. The van der Waals surface area contributed by atoms with Crippen LogP contribution in [0.5, 0.6) is 0 Å². The highest BCUT2D eigenvalue weighted by Crippen LogP contribution is 2.48. The maximum atomic E-state index is 4.86. The number of aromatic nitrogens is 3. The number of hydrogen-bond donors (Lipinski definition) is 1. The van der Waals surface area contributed by atoms with Crippen molar-refractivity contribution < 1.29 is 0 Å². The van der Waals surface area contributed by atoms with Crippen molar-refractivity contribution in [3.05, 3.63) is 41.3 Å². The molecule has 2 aromatic rings. The van der Waals surface area contributed by atoms with Gasteiger partial charge >= 0.3 is 0 Å². The van der Waals surface area contributed by atoms with E-state index in [4.69, 9.17) is 5.10 Å². The lowest BCUT2D eigenvalue weighted by atomic mass is 9.64. The summed E-state index contributed by atoms with van der Waals surface area (Å²) >= 11 is 0. The van der Waals surface area contributed by atoms with Crippen molar-refractivity contribution in [3.63, 3.8) is 0 Å². The van der Waals surface area contributed by atoms with Crippen molar-refractivity contribution in [2.75, 3.05) is 11.9 Å². The number of fused-ring (bicyclic) bond motifs is 1. The van der Waals surface area contributed by atoms with Gasteiger partial charge in [-0.2, -0.15) is 5.10 Å². The van der Waals surface area contributed by atoms with Crippen molar-refractivity contribution in [3.8, 4) is 0 Å². The van der Waals surface area contributed by atoms with Gasteiger partial charge in [-0.1, -0.05) is 12.5 Å². The van der Waals surface area contributed by atoms with Crippen LogP contribution in [0.3, 0.4) is 0 Å². The molecular weight excluding hydrogens is 248 g/mol. The van der Waals surface area contributed by atoms with Gasteiger partial charge in [0.15, 0.2) is 0 Å². The first-order valence-electron chi connectivity index (χ1n) is 7.53. The molecule has 1 saturated carbocycles. The average Bonchev–Trinajstić information content (AvgIpc) is 2.83. The van der Waals surface area contributed by atoms with Crippen LogP contribution in [0.15, 0.2) is 24.4 Å². The van der Waals surface area contributed by atoms with Gasteiger partial charge in [0.25, 0.3) is 0 Å². The molecule has 4 nitrogen and oxygen atoms in total. The molecule has 0 amide bonds. The van der Waals surface area contributed by atoms with Crippen LogP contribution >= 0.6 is 0 Å². The number of pyridine rings is 1. The van der Waals surface area contributed by atoms with Crippen LogP contribution in [0.1, 0.15) is 42.6 Å². The maximum absolute atomic E-state index is 4.86. The van der Waals surface area contributed by atoms with Crippen molar-refractivity contribution in [2.24, 2.45) is 0 Å². The molecule has 20 heavy (non-hydrogen) atoms. The fourth-order valence-electron chi connectivity index (χ4n) is 3.33. The maximum Gasteiger partial charge on any atom is 0.124 e. The molecule has 2 aliphatic rings. The molecule has 0 radical (unpaired) electrons. The monoisotopic (exact) mass is 268 g/mol. The van der Waals surface area contributed by atoms with Gasteiger partial charge in [-0.25, -0.2) is 4.68 Å². The van der Waals surface area contributed by atoms with Gasteiger partial charge in [0.2, 0.25) is 0 Å². The van der Waals surface area contributed by atoms with Crippen LogP contribution < -0.4 is 5.32 Å². The predicted molar refractivity (Wildman–Crippen MR) is 78.9 cm³/mol. The van der Waals surface area contributed by atoms with E-state index in [1.54, 1.807) is 0 Å². The summed E-state index contributed by atoms with van der Waals surface area (Å²) in [5.74, 6) is 1.17. The Bertz CT molecular complexity index is 599. The van der Waals surface area contributed by atoms with E-state index in [0.717, 1.165) is 19.5 Å². The summed E-state index contributed by atoms with van der Waals surface area (Å²) in [5, 5.41) is 8.30. The highest BCUT2D eigenvalue weighted by Gasteiger charge is 2.44. The lowest BCUT2D eigenvalue weighted by Crippen LogP contribution is -2.37. The topological polar surface area (TPSA) is 42.7 Å². The molecule has 0 unspecified atom stereocenters. The van der Waals surface area contributed by atoms with Crippen molar-refractivity contribution in [2.45, 2.75) is 44.6 Å². The number of hydrogen-bond acceptors (Lipinski definition) is 3. The Balaban J connectivity index is 1.77. The Morgan fingerprint density at radius 2 is 2.10 bits per heavy atom. The van der Waals surface area contributed by atoms with E-state index >= 15 is 0 Å². The summed E-state index contributed by atoms with van der Waals surface area (Å²) in [6, 6.07) is 6.58. The molecule has 104 valence electrons. The summed E-state index contributed by atoms with van der Waals surface area (Å²) in [6.07, 6.45) is 6.73. The third-order valence-corrected chi connectivity index (χ3v) is 4.73. The largest absolute Gasteiger partial charge is 0.370 e. The Hall–Kier alpha value is -1.84. The molecule has 4 rings (SSSR count). The van der Waals surface area contributed by atoms with E-state index in [0.29, 0.717) is 0 Å². The first kappa shape index (κ1) is 11.9. The van der Waals surface area contributed by atoms with Crippen molar-refractivity contribution >= 4 is 5.82 Å². The molecule has 1 fully saturated rings. The molecule has 0 aromatic carbocycles. The smallest absolute Gasteiger partial charge is 0.124 e. The van der Waals surface area contributed by atoms with Crippen LogP contribution in [0.4, 0.5) is 5.82 Å². The molecule has 1 aliphatic heterocycles. The van der Waals surface area contributed by atoms with Crippen LogP contribution in [0.2, 0.25) is 0 Å². The number of aryl methyl sites for hydroxylation is 2. The van der Waals surface area contributed by atoms with E-state index in [1.165, 1.54) is 42.0 Å². The normalized spacial score (nSPS) is 19.9. The SMILES string of the molecule is Cc1ccc(C2(c3cc4n(n3)CCCN4)CCC2)nc1. The molecule has 1 N–H and O–H groups in total. The van der Waals surface area contributed by atoms with Gasteiger partial charge in [-0.3, -0.25) is 4.98 Å². The van der Waals surface area contributed by atoms with Crippen LogP contribution in [0, 0.1) is 6.92 Å².